The van der Waals surface area contributed by atoms with E-state index in [0.29, 0.717) is 22.4 Å². The first kappa shape index (κ1) is 14.6. The maximum absolute atomic E-state index is 12.1. The quantitative estimate of drug-likeness (QED) is 0.809. The number of carboxylic acids is 1. The molecule has 0 radical (unpaired) electrons. The number of amides is 1. The van der Waals surface area contributed by atoms with E-state index >= 15 is 0 Å². The van der Waals surface area contributed by atoms with E-state index in [1.54, 1.807) is 32.0 Å². The number of benzene rings is 2. The normalized spacial score (nSPS) is 10.2. The van der Waals surface area contributed by atoms with Gasteiger partial charge in [-0.2, -0.15) is 0 Å². The van der Waals surface area contributed by atoms with Gasteiger partial charge in [0.15, 0.2) is 0 Å². The average Bonchev–Trinajstić information content (AvgIpc) is 2.43. The van der Waals surface area contributed by atoms with Crippen LogP contribution in [0.3, 0.4) is 0 Å². The van der Waals surface area contributed by atoms with Crippen LogP contribution in [0, 0.1) is 13.8 Å². The molecule has 0 aliphatic heterocycles. The summed E-state index contributed by atoms with van der Waals surface area (Å²) < 4.78 is 0. The first-order chi connectivity index (χ1) is 9.88. The summed E-state index contributed by atoms with van der Waals surface area (Å²) in [6.07, 6.45) is 0. The highest BCUT2D eigenvalue weighted by molar-refractivity contribution is 6.05. The van der Waals surface area contributed by atoms with Crippen molar-refractivity contribution in [2.45, 2.75) is 13.8 Å². The molecule has 0 heterocycles. The van der Waals surface area contributed by atoms with Gasteiger partial charge in [0.2, 0.25) is 0 Å². The number of hydrogen-bond acceptors (Lipinski definition) is 3. The van der Waals surface area contributed by atoms with Crippen molar-refractivity contribution in [3.05, 3.63) is 58.7 Å². The van der Waals surface area contributed by atoms with Crippen LogP contribution in [0.25, 0.3) is 0 Å². The van der Waals surface area contributed by atoms with Gasteiger partial charge >= 0.3 is 5.97 Å². The van der Waals surface area contributed by atoms with E-state index < -0.39 is 5.97 Å². The number of nitrogens with one attached hydrogen (secondary N) is 1. The van der Waals surface area contributed by atoms with Crippen molar-refractivity contribution in [3.63, 3.8) is 0 Å². The molecule has 3 N–H and O–H groups in total. The fourth-order valence-corrected chi connectivity index (χ4v) is 1.93. The molecule has 0 saturated carbocycles. The summed E-state index contributed by atoms with van der Waals surface area (Å²) >= 11 is 0. The van der Waals surface area contributed by atoms with Crippen LogP contribution >= 0.6 is 0 Å². The first-order valence-electron chi connectivity index (χ1n) is 6.33. The number of phenols is 1. The molecule has 2 rings (SSSR count). The Morgan fingerprint density at radius 3 is 2.33 bits per heavy atom. The van der Waals surface area contributed by atoms with Crippen LogP contribution in [-0.2, 0) is 0 Å². The standard InChI is InChI=1S/C16H15NO4/c1-9-3-5-12(8-13(9)16(20)21)17-15(19)11-4-6-14(18)10(2)7-11/h3-8,18H,1-2H3,(H,17,19)(H,20,21). The molecular formula is C16H15NO4. The number of carboxylic acid groups (broad SMARTS) is 1. The molecule has 0 aliphatic rings. The summed E-state index contributed by atoms with van der Waals surface area (Å²) in [6, 6.07) is 9.22. The van der Waals surface area contributed by atoms with Crippen molar-refractivity contribution in [2.24, 2.45) is 0 Å². The Labute approximate surface area is 121 Å². The van der Waals surface area contributed by atoms with Gasteiger partial charge in [0.25, 0.3) is 5.91 Å². The lowest BCUT2D eigenvalue weighted by atomic mass is 10.1. The number of hydrogen-bond donors (Lipinski definition) is 3. The number of anilines is 1. The van der Waals surface area contributed by atoms with E-state index in [-0.39, 0.29) is 17.2 Å². The maximum Gasteiger partial charge on any atom is 0.336 e. The summed E-state index contributed by atoms with van der Waals surface area (Å²) in [5.41, 5.74) is 2.17. The molecule has 0 fully saturated rings. The number of aromatic hydroxyl groups is 1. The van der Waals surface area contributed by atoms with Gasteiger partial charge in [-0.1, -0.05) is 6.07 Å². The molecule has 2 aromatic carbocycles. The van der Waals surface area contributed by atoms with Gasteiger partial charge in [-0.05, 0) is 55.3 Å². The third kappa shape index (κ3) is 3.20. The smallest absolute Gasteiger partial charge is 0.336 e. The summed E-state index contributed by atoms with van der Waals surface area (Å²) in [5.74, 6) is -1.28. The predicted molar refractivity (Wildman–Crippen MR) is 78.9 cm³/mol. The third-order valence-electron chi connectivity index (χ3n) is 3.18. The summed E-state index contributed by atoms with van der Waals surface area (Å²) in [4.78, 5) is 23.2. The van der Waals surface area contributed by atoms with Gasteiger partial charge in [-0.3, -0.25) is 4.79 Å². The van der Waals surface area contributed by atoms with Gasteiger partial charge < -0.3 is 15.5 Å². The molecule has 0 spiro atoms. The summed E-state index contributed by atoms with van der Waals surface area (Å²) in [5, 5.41) is 21.2. The van der Waals surface area contributed by atoms with Gasteiger partial charge in [0.05, 0.1) is 5.56 Å². The molecule has 0 aliphatic carbocycles. The molecular weight excluding hydrogens is 270 g/mol. The third-order valence-corrected chi connectivity index (χ3v) is 3.18. The Kier molecular flexibility index (Phi) is 3.93. The number of phenolic OH excluding ortho intramolecular Hbond substituents is 1. The highest BCUT2D eigenvalue weighted by Crippen LogP contribution is 2.19. The maximum atomic E-state index is 12.1. The van der Waals surface area contributed by atoms with Gasteiger partial charge in [-0.25, -0.2) is 4.79 Å². The Bertz CT molecular complexity index is 722. The molecule has 5 nitrogen and oxygen atoms in total. The van der Waals surface area contributed by atoms with Crippen molar-refractivity contribution < 1.29 is 19.8 Å². The average molecular weight is 285 g/mol. The molecule has 0 bridgehead atoms. The molecule has 0 saturated heterocycles. The molecule has 0 atom stereocenters. The van der Waals surface area contributed by atoms with E-state index in [1.165, 1.54) is 18.2 Å². The Morgan fingerprint density at radius 1 is 1.00 bits per heavy atom. The van der Waals surface area contributed by atoms with Crippen LogP contribution in [-0.4, -0.2) is 22.1 Å². The second-order valence-corrected chi connectivity index (χ2v) is 4.79. The Hall–Kier alpha value is -2.82. The molecule has 0 aromatic heterocycles. The monoisotopic (exact) mass is 285 g/mol. The molecule has 2 aromatic rings. The Morgan fingerprint density at radius 2 is 1.71 bits per heavy atom. The molecule has 108 valence electrons. The number of carbonyl (C=O) groups excluding carboxylic acids is 1. The summed E-state index contributed by atoms with van der Waals surface area (Å²) in [6.45, 7) is 3.39. The predicted octanol–water partition coefficient (Wildman–Crippen LogP) is 2.96. The number of aromatic carboxylic acids is 1. The van der Waals surface area contributed by atoms with Crippen molar-refractivity contribution >= 4 is 17.6 Å². The van der Waals surface area contributed by atoms with Crippen LogP contribution in [0.4, 0.5) is 5.69 Å². The van der Waals surface area contributed by atoms with E-state index in [2.05, 4.69) is 5.32 Å². The van der Waals surface area contributed by atoms with Crippen LogP contribution in [0.15, 0.2) is 36.4 Å². The fraction of sp³-hybridized carbons (Fsp3) is 0.125. The molecule has 5 heteroatoms. The molecule has 1 amide bonds. The number of aryl methyl sites for hydroxylation is 2. The topological polar surface area (TPSA) is 86.6 Å². The highest BCUT2D eigenvalue weighted by atomic mass is 16.4. The first-order valence-corrected chi connectivity index (χ1v) is 6.33. The molecule has 21 heavy (non-hydrogen) atoms. The minimum absolute atomic E-state index is 0.120. The van der Waals surface area contributed by atoms with Crippen LogP contribution in [0.5, 0.6) is 5.75 Å². The van der Waals surface area contributed by atoms with Crippen molar-refractivity contribution in [2.75, 3.05) is 5.32 Å². The zero-order chi connectivity index (χ0) is 15.6. The van der Waals surface area contributed by atoms with E-state index in [9.17, 15) is 14.7 Å². The van der Waals surface area contributed by atoms with Gasteiger partial charge in [-0.15, -0.1) is 0 Å². The lowest BCUT2D eigenvalue weighted by Crippen LogP contribution is -2.13. The zero-order valence-electron chi connectivity index (χ0n) is 11.7. The van der Waals surface area contributed by atoms with Crippen LogP contribution in [0.1, 0.15) is 31.8 Å². The van der Waals surface area contributed by atoms with Crippen LogP contribution in [0.2, 0.25) is 0 Å². The van der Waals surface area contributed by atoms with Crippen LogP contribution < -0.4 is 5.32 Å². The number of carbonyl (C=O) groups is 2. The zero-order valence-corrected chi connectivity index (χ0v) is 11.7. The van der Waals surface area contributed by atoms with Crippen molar-refractivity contribution in [1.82, 2.24) is 0 Å². The van der Waals surface area contributed by atoms with E-state index in [4.69, 9.17) is 5.11 Å². The lowest BCUT2D eigenvalue weighted by molar-refractivity contribution is 0.0695. The highest BCUT2D eigenvalue weighted by Gasteiger charge is 2.11. The molecule has 0 unspecified atom stereocenters. The van der Waals surface area contributed by atoms with Gasteiger partial charge in [0, 0.05) is 11.3 Å². The largest absolute Gasteiger partial charge is 0.508 e. The minimum Gasteiger partial charge on any atom is -0.508 e. The second kappa shape index (κ2) is 5.66. The SMILES string of the molecule is Cc1cc(C(=O)Nc2ccc(C)c(C(=O)O)c2)ccc1O. The van der Waals surface area contributed by atoms with Gasteiger partial charge in [0.1, 0.15) is 5.75 Å². The van der Waals surface area contributed by atoms with Crippen molar-refractivity contribution in [3.8, 4) is 5.75 Å². The fourth-order valence-electron chi connectivity index (χ4n) is 1.93. The lowest BCUT2D eigenvalue weighted by Gasteiger charge is -2.09. The number of rotatable bonds is 3. The van der Waals surface area contributed by atoms with E-state index in [1.807, 2.05) is 0 Å². The summed E-state index contributed by atoms with van der Waals surface area (Å²) in [7, 11) is 0. The minimum atomic E-state index is -1.04. The Balaban J connectivity index is 2.25. The van der Waals surface area contributed by atoms with E-state index in [0.717, 1.165) is 0 Å². The van der Waals surface area contributed by atoms with Crippen molar-refractivity contribution in [1.29, 1.82) is 0 Å². The second-order valence-electron chi connectivity index (χ2n) is 4.79.